The molecule has 5 heteroatoms. The second-order valence-electron chi connectivity index (χ2n) is 7.45. The van der Waals surface area contributed by atoms with Gasteiger partial charge in [-0.25, -0.2) is 0 Å². The molecule has 2 aliphatic rings. The van der Waals surface area contributed by atoms with E-state index < -0.39 is 0 Å². The highest BCUT2D eigenvalue weighted by atomic mass is 35.5. The van der Waals surface area contributed by atoms with Gasteiger partial charge in [0.15, 0.2) is 0 Å². The first-order valence-corrected chi connectivity index (χ1v) is 9.35. The van der Waals surface area contributed by atoms with E-state index in [1.54, 1.807) is 0 Å². The van der Waals surface area contributed by atoms with Gasteiger partial charge in [0, 0.05) is 24.5 Å². The summed E-state index contributed by atoms with van der Waals surface area (Å²) in [4.78, 5) is 12.1. The number of unbranched alkanes of at least 4 members (excludes halogenated alkanes) is 1. The largest absolute Gasteiger partial charge is 0.493 e. The maximum atomic E-state index is 12.1. The summed E-state index contributed by atoms with van der Waals surface area (Å²) < 4.78 is 5.85. The molecule has 140 valence electrons. The molecule has 2 heterocycles. The highest BCUT2D eigenvalue weighted by molar-refractivity contribution is 5.85. The van der Waals surface area contributed by atoms with Crippen molar-refractivity contribution in [3.05, 3.63) is 29.3 Å². The van der Waals surface area contributed by atoms with Gasteiger partial charge in [0.25, 0.3) is 0 Å². The lowest BCUT2D eigenvalue weighted by Crippen LogP contribution is -2.47. The van der Waals surface area contributed by atoms with Gasteiger partial charge in [-0.05, 0) is 69.6 Å². The molecule has 1 aromatic rings. The van der Waals surface area contributed by atoms with Crippen molar-refractivity contribution in [2.45, 2.75) is 76.9 Å². The van der Waals surface area contributed by atoms with Crippen LogP contribution in [0, 0.1) is 13.8 Å². The van der Waals surface area contributed by atoms with E-state index in [1.165, 1.54) is 24.0 Å². The molecule has 0 radical (unpaired) electrons. The molecule has 25 heavy (non-hydrogen) atoms. The normalized spacial score (nSPS) is 24.5. The van der Waals surface area contributed by atoms with E-state index in [-0.39, 0.29) is 18.3 Å². The Morgan fingerprint density at radius 3 is 2.64 bits per heavy atom. The average Bonchev–Trinajstić information content (AvgIpc) is 2.89. The first-order valence-electron chi connectivity index (χ1n) is 9.35. The summed E-state index contributed by atoms with van der Waals surface area (Å²) in [6, 6.07) is 7.89. The summed E-state index contributed by atoms with van der Waals surface area (Å²) >= 11 is 0. The molecular formula is C20H31ClN2O2. The Bertz CT molecular complexity index is 567. The third kappa shape index (κ3) is 5.89. The van der Waals surface area contributed by atoms with E-state index in [1.807, 2.05) is 0 Å². The minimum absolute atomic E-state index is 0. The lowest BCUT2D eigenvalue weighted by molar-refractivity contribution is -0.122. The van der Waals surface area contributed by atoms with Crippen LogP contribution in [0.15, 0.2) is 18.2 Å². The summed E-state index contributed by atoms with van der Waals surface area (Å²) in [5, 5.41) is 6.83. The maximum absolute atomic E-state index is 12.1. The Labute approximate surface area is 157 Å². The average molecular weight is 367 g/mol. The Balaban J connectivity index is 0.00000225. The second kappa shape index (κ2) is 9.44. The van der Waals surface area contributed by atoms with E-state index in [9.17, 15) is 4.79 Å². The number of halogens is 1. The highest BCUT2D eigenvalue weighted by Crippen LogP contribution is 2.26. The number of carbonyl (C=O) groups is 1. The summed E-state index contributed by atoms with van der Waals surface area (Å²) in [5.41, 5.74) is 2.38. The minimum Gasteiger partial charge on any atom is -0.493 e. The van der Waals surface area contributed by atoms with E-state index >= 15 is 0 Å². The number of hydrogen-bond acceptors (Lipinski definition) is 3. The van der Waals surface area contributed by atoms with Gasteiger partial charge in [0.05, 0.1) is 6.61 Å². The Hall–Kier alpha value is -1.26. The standard InChI is InChI=1S/C20H30N2O2.ClH/c1-14-6-7-15(2)19(11-14)24-10-4-3-5-20(23)22-18-12-16-8-9-17(13-18)21-16;/h6-7,11,16-18,21H,3-5,8-10,12-13H2,1-2H3,(H,22,23);1H. The van der Waals surface area contributed by atoms with E-state index in [2.05, 4.69) is 42.7 Å². The van der Waals surface area contributed by atoms with E-state index in [4.69, 9.17) is 4.74 Å². The number of benzene rings is 1. The molecule has 0 aliphatic carbocycles. The van der Waals surface area contributed by atoms with Gasteiger partial charge >= 0.3 is 0 Å². The van der Waals surface area contributed by atoms with Crippen molar-refractivity contribution in [3.8, 4) is 5.75 Å². The third-order valence-corrected chi connectivity index (χ3v) is 5.24. The van der Waals surface area contributed by atoms with Crippen LogP contribution in [0.3, 0.4) is 0 Å². The van der Waals surface area contributed by atoms with Crippen LogP contribution in [0.5, 0.6) is 5.75 Å². The molecule has 0 saturated carbocycles. The highest BCUT2D eigenvalue weighted by Gasteiger charge is 2.33. The van der Waals surface area contributed by atoms with E-state index in [0.717, 1.165) is 31.4 Å². The third-order valence-electron chi connectivity index (χ3n) is 5.24. The van der Waals surface area contributed by atoms with E-state index in [0.29, 0.717) is 31.2 Å². The zero-order valence-corrected chi connectivity index (χ0v) is 16.2. The molecular weight excluding hydrogens is 336 g/mol. The summed E-state index contributed by atoms with van der Waals surface area (Å²) in [7, 11) is 0. The molecule has 2 fully saturated rings. The molecule has 0 aromatic heterocycles. The van der Waals surface area contributed by atoms with Gasteiger partial charge in [0.2, 0.25) is 5.91 Å². The van der Waals surface area contributed by atoms with Gasteiger partial charge in [-0.15, -0.1) is 12.4 Å². The predicted octanol–water partition coefficient (Wildman–Crippen LogP) is 3.67. The molecule has 2 bridgehead atoms. The fraction of sp³-hybridized carbons (Fsp3) is 0.650. The number of nitrogens with one attached hydrogen (secondary N) is 2. The van der Waals surface area contributed by atoms with Crippen LogP contribution in [0.25, 0.3) is 0 Å². The summed E-state index contributed by atoms with van der Waals surface area (Å²) in [5.74, 6) is 1.16. The smallest absolute Gasteiger partial charge is 0.220 e. The fourth-order valence-corrected chi connectivity index (χ4v) is 3.91. The fourth-order valence-electron chi connectivity index (χ4n) is 3.91. The van der Waals surface area contributed by atoms with Gasteiger partial charge in [-0.2, -0.15) is 0 Å². The van der Waals surface area contributed by atoms with Crippen LogP contribution in [-0.4, -0.2) is 30.6 Å². The van der Waals surface area contributed by atoms with Crippen molar-refractivity contribution in [1.82, 2.24) is 10.6 Å². The molecule has 2 atom stereocenters. The number of hydrogen-bond donors (Lipinski definition) is 2. The number of carbonyl (C=O) groups excluding carboxylic acids is 1. The molecule has 1 aromatic carbocycles. The number of piperidine rings is 1. The first-order chi connectivity index (χ1) is 11.6. The lowest BCUT2D eigenvalue weighted by Gasteiger charge is -2.29. The van der Waals surface area contributed by atoms with Crippen molar-refractivity contribution in [3.63, 3.8) is 0 Å². The van der Waals surface area contributed by atoms with Crippen LogP contribution < -0.4 is 15.4 Å². The number of rotatable bonds is 7. The molecule has 1 amide bonds. The molecule has 2 N–H and O–H groups in total. The van der Waals surface area contributed by atoms with Crippen molar-refractivity contribution in [1.29, 1.82) is 0 Å². The topological polar surface area (TPSA) is 50.4 Å². The van der Waals surface area contributed by atoms with Crippen molar-refractivity contribution in [2.75, 3.05) is 6.61 Å². The maximum Gasteiger partial charge on any atom is 0.220 e. The first kappa shape index (κ1) is 20.1. The lowest BCUT2D eigenvalue weighted by atomic mass is 9.99. The van der Waals surface area contributed by atoms with Gasteiger partial charge in [-0.1, -0.05) is 12.1 Å². The zero-order chi connectivity index (χ0) is 16.9. The van der Waals surface area contributed by atoms with Crippen LogP contribution >= 0.6 is 12.4 Å². The summed E-state index contributed by atoms with van der Waals surface area (Å²) in [6.45, 7) is 4.81. The molecule has 2 saturated heterocycles. The quantitative estimate of drug-likeness (QED) is 0.724. The van der Waals surface area contributed by atoms with Crippen LogP contribution in [0.4, 0.5) is 0 Å². The SMILES string of the molecule is Cc1ccc(C)c(OCCCCC(=O)NC2CC3CCC(C2)N3)c1.Cl. The molecule has 4 nitrogen and oxygen atoms in total. The minimum atomic E-state index is 0. The predicted molar refractivity (Wildman–Crippen MR) is 104 cm³/mol. The number of fused-ring (bicyclic) bond motifs is 2. The van der Waals surface area contributed by atoms with Crippen LogP contribution in [0.1, 0.15) is 56.1 Å². The zero-order valence-electron chi connectivity index (χ0n) is 15.3. The van der Waals surface area contributed by atoms with Crippen LogP contribution in [0.2, 0.25) is 0 Å². The van der Waals surface area contributed by atoms with Gasteiger partial charge in [-0.3, -0.25) is 4.79 Å². The van der Waals surface area contributed by atoms with Gasteiger partial charge < -0.3 is 15.4 Å². The van der Waals surface area contributed by atoms with Crippen molar-refractivity contribution in [2.24, 2.45) is 0 Å². The van der Waals surface area contributed by atoms with Crippen molar-refractivity contribution >= 4 is 18.3 Å². The molecule has 3 rings (SSSR count). The number of aryl methyl sites for hydroxylation is 2. The Morgan fingerprint density at radius 2 is 1.92 bits per heavy atom. The van der Waals surface area contributed by atoms with Crippen molar-refractivity contribution < 1.29 is 9.53 Å². The second-order valence-corrected chi connectivity index (χ2v) is 7.45. The number of amides is 1. The number of ether oxygens (including phenoxy) is 1. The van der Waals surface area contributed by atoms with Crippen LogP contribution in [-0.2, 0) is 4.79 Å². The Kier molecular flexibility index (Phi) is 7.57. The molecule has 2 aliphatic heterocycles. The monoisotopic (exact) mass is 366 g/mol. The molecule has 0 spiro atoms. The molecule has 2 unspecified atom stereocenters. The Morgan fingerprint density at radius 1 is 1.20 bits per heavy atom. The van der Waals surface area contributed by atoms with Gasteiger partial charge in [0.1, 0.15) is 5.75 Å². The summed E-state index contributed by atoms with van der Waals surface area (Å²) in [6.07, 6.45) is 7.14.